The number of benzene rings is 1. The first kappa shape index (κ1) is 12.4. The summed E-state index contributed by atoms with van der Waals surface area (Å²) in [5, 5.41) is 11.5. The number of phenols is 1. The molecule has 92 valence electrons. The Bertz CT molecular complexity index is 571. The van der Waals surface area contributed by atoms with Gasteiger partial charge in [-0.1, -0.05) is 18.2 Å². The van der Waals surface area contributed by atoms with Gasteiger partial charge in [-0.15, -0.1) is 11.3 Å². The summed E-state index contributed by atoms with van der Waals surface area (Å²) in [5.41, 5.74) is 0.748. The normalized spacial score (nSPS) is 10.7. The van der Waals surface area contributed by atoms with Crippen molar-refractivity contribution in [3.63, 3.8) is 0 Å². The predicted molar refractivity (Wildman–Crippen MR) is 72.3 cm³/mol. The number of hydrogen-bond acceptors (Lipinski definition) is 4. The molecule has 0 amide bonds. The summed E-state index contributed by atoms with van der Waals surface area (Å²) >= 11 is 1.41. The van der Waals surface area contributed by atoms with Crippen molar-refractivity contribution in [2.75, 3.05) is 7.11 Å². The molecule has 0 aliphatic heterocycles. The van der Waals surface area contributed by atoms with E-state index in [0.29, 0.717) is 10.6 Å². The lowest BCUT2D eigenvalue weighted by Crippen LogP contribution is -1.89. The number of aromatic hydroxyl groups is 1. The van der Waals surface area contributed by atoms with Crippen molar-refractivity contribution in [3.05, 3.63) is 52.2 Å². The second-order valence-electron chi connectivity index (χ2n) is 3.61. The largest absolute Gasteiger partial charge is 0.504 e. The lowest BCUT2D eigenvalue weighted by Gasteiger charge is -2.03. The van der Waals surface area contributed by atoms with Crippen LogP contribution in [0.2, 0.25) is 0 Å². The lowest BCUT2D eigenvalue weighted by molar-refractivity contribution is 0.105. The van der Waals surface area contributed by atoms with Gasteiger partial charge in [0.1, 0.15) is 0 Å². The molecular formula is C14H12O3S. The second kappa shape index (κ2) is 5.51. The van der Waals surface area contributed by atoms with E-state index in [1.165, 1.54) is 24.5 Å². The Kier molecular flexibility index (Phi) is 3.79. The number of allylic oxidation sites excluding steroid dienone is 1. The van der Waals surface area contributed by atoms with Crippen LogP contribution in [0.15, 0.2) is 41.8 Å². The number of hydrogen-bond donors (Lipinski definition) is 1. The Labute approximate surface area is 109 Å². The van der Waals surface area contributed by atoms with E-state index in [0.717, 1.165) is 5.56 Å². The van der Waals surface area contributed by atoms with Gasteiger partial charge in [0.15, 0.2) is 17.3 Å². The Morgan fingerprint density at radius 3 is 2.83 bits per heavy atom. The molecule has 1 aromatic heterocycles. The fraction of sp³-hybridized carbons (Fsp3) is 0.0714. The van der Waals surface area contributed by atoms with Crippen LogP contribution in [0.25, 0.3) is 6.08 Å². The minimum atomic E-state index is -0.0414. The van der Waals surface area contributed by atoms with Crippen LogP contribution in [0.3, 0.4) is 0 Å². The summed E-state index contributed by atoms with van der Waals surface area (Å²) < 4.78 is 4.95. The highest BCUT2D eigenvalue weighted by Crippen LogP contribution is 2.26. The maximum Gasteiger partial charge on any atom is 0.195 e. The zero-order valence-electron chi connectivity index (χ0n) is 9.79. The highest BCUT2D eigenvalue weighted by Gasteiger charge is 2.03. The first-order chi connectivity index (χ1) is 8.70. The van der Waals surface area contributed by atoms with Crippen molar-refractivity contribution in [2.24, 2.45) is 0 Å². The van der Waals surface area contributed by atoms with Gasteiger partial charge in [-0.05, 0) is 35.2 Å². The highest BCUT2D eigenvalue weighted by molar-refractivity contribution is 7.12. The van der Waals surface area contributed by atoms with Gasteiger partial charge in [0.2, 0.25) is 0 Å². The third-order valence-corrected chi connectivity index (χ3v) is 3.28. The average Bonchev–Trinajstić information content (AvgIpc) is 2.90. The maximum atomic E-state index is 11.7. The standard InChI is InChI=1S/C14H12O3S/c1-17-13-7-5-10(9-12(13)16)4-6-11(15)14-3-2-8-18-14/h2-9,16H,1H3/b6-4+. The van der Waals surface area contributed by atoms with Crippen LogP contribution in [-0.2, 0) is 0 Å². The molecule has 2 rings (SSSR count). The Balaban J connectivity index is 2.14. The van der Waals surface area contributed by atoms with Crippen molar-refractivity contribution in [1.82, 2.24) is 0 Å². The molecule has 0 fully saturated rings. The van der Waals surface area contributed by atoms with E-state index in [1.807, 2.05) is 11.4 Å². The molecule has 1 aromatic carbocycles. The summed E-state index contributed by atoms with van der Waals surface area (Å²) in [5.74, 6) is 0.431. The van der Waals surface area contributed by atoms with Crippen molar-refractivity contribution >= 4 is 23.2 Å². The molecule has 0 spiro atoms. The van der Waals surface area contributed by atoms with Crippen molar-refractivity contribution < 1.29 is 14.6 Å². The third-order valence-electron chi connectivity index (χ3n) is 2.39. The Morgan fingerprint density at radius 2 is 2.22 bits per heavy atom. The molecule has 0 saturated heterocycles. The number of thiophene rings is 1. The van der Waals surface area contributed by atoms with Gasteiger partial charge >= 0.3 is 0 Å². The molecular weight excluding hydrogens is 248 g/mol. The number of carbonyl (C=O) groups excluding carboxylic acids is 1. The lowest BCUT2D eigenvalue weighted by atomic mass is 10.1. The fourth-order valence-electron chi connectivity index (χ4n) is 1.48. The molecule has 0 aliphatic carbocycles. The van der Waals surface area contributed by atoms with Crippen LogP contribution in [0, 0.1) is 0 Å². The summed E-state index contributed by atoms with van der Waals surface area (Å²) in [6.07, 6.45) is 3.16. The second-order valence-corrected chi connectivity index (χ2v) is 4.55. The summed E-state index contributed by atoms with van der Waals surface area (Å²) in [6.45, 7) is 0. The van der Waals surface area contributed by atoms with Crippen molar-refractivity contribution in [1.29, 1.82) is 0 Å². The first-order valence-electron chi connectivity index (χ1n) is 5.33. The van der Waals surface area contributed by atoms with Crippen LogP contribution in [-0.4, -0.2) is 18.0 Å². The van der Waals surface area contributed by atoms with Crippen LogP contribution in [0.5, 0.6) is 11.5 Å². The van der Waals surface area contributed by atoms with Crippen LogP contribution in [0.1, 0.15) is 15.2 Å². The number of methoxy groups -OCH3 is 1. The number of rotatable bonds is 4. The van der Waals surface area contributed by atoms with Gasteiger partial charge in [0.05, 0.1) is 12.0 Å². The van der Waals surface area contributed by atoms with E-state index in [1.54, 1.807) is 30.3 Å². The molecule has 0 unspecified atom stereocenters. The number of carbonyl (C=O) groups is 1. The minimum absolute atomic E-state index is 0.0414. The molecule has 18 heavy (non-hydrogen) atoms. The molecule has 0 radical (unpaired) electrons. The SMILES string of the molecule is COc1ccc(/C=C/C(=O)c2cccs2)cc1O. The number of ether oxygens (including phenoxy) is 1. The molecule has 1 N–H and O–H groups in total. The Morgan fingerprint density at radius 1 is 1.39 bits per heavy atom. The van der Waals surface area contributed by atoms with Crippen LogP contribution >= 0.6 is 11.3 Å². The van der Waals surface area contributed by atoms with Crippen LogP contribution in [0.4, 0.5) is 0 Å². The summed E-state index contributed by atoms with van der Waals surface area (Å²) in [4.78, 5) is 12.4. The zero-order chi connectivity index (χ0) is 13.0. The van der Waals surface area contributed by atoms with E-state index in [-0.39, 0.29) is 11.5 Å². The highest BCUT2D eigenvalue weighted by atomic mass is 32.1. The topological polar surface area (TPSA) is 46.5 Å². The molecule has 1 heterocycles. The molecule has 0 aliphatic rings. The minimum Gasteiger partial charge on any atom is -0.504 e. The summed E-state index contributed by atoms with van der Waals surface area (Å²) in [6, 6.07) is 8.60. The van der Waals surface area contributed by atoms with E-state index in [4.69, 9.17) is 4.74 Å². The molecule has 0 saturated carbocycles. The molecule has 2 aromatic rings. The number of ketones is 1. The smallest absolute Gasteiger partial charge is 0.195 e. The summed E-state index contributed by atoms with van der Waals surface area (Å²) in [7, 11) is 1.49. The van der Waals surface area contributed by atoms with Gasteiger partial charge in [-0.2, -0.15) is 0 Å². The van der Waals surface area contributed by atoms with E-state index in [2.05, 4.69) is 0 Å². The van der Waals surface area contributed by atoms with Crippen LogP contribution < -0.4 is 4.74 Å². The molecule has 0 bridgehead atoms. The van der Waals surface area contributed by atoms with Gasteiger partial charge < -0.3 is 9.84 Å². The fourth-order valence-corrected chi connectivity index (χ4v) is 2.13. The maximum absolute atomic E-state index is 11.7. The molecule has 4 heteroatoms. The monoisotopic (exact) mass is 260 g/mol. The van der Waals surface area contributed by atoms with E-state index < -0.39 is 0 Å². The number of phenolic OH excluding ortho intramolecular Hbond substituents is 1. The zero-order valence-corrected chi connectivity index (χ0v) is 10.6. The first-order valence-corrected chi connectivity index (χ1v) is 6.21. The Hall–Kier alpha value is -2.07. The molecule has 3 nitrogen and oxygen atoms in total. The molecule has 0 atom stereocenters. The van der Waals surface area contributed by atoms with Crippen molar-refractivity contribution in [2.45, 2.75) is 0 Å². The average molecular weight is 260 g/mol. The van der Waals surface area contributed by atoms with Gasteiger partial charge in [-0.3, -0.25) is 4.79 Å². The van der Waals surface area contributed by atoms with Gasteiger partial charge in [0, 0.05) is 0 Å². The van der Waals surface area contributed by atoms with Gasteiger partial charge in [-0.25, -0.2) is 0 Å². The predicted octanol–water partition coefficient (Wildman–Crippen LogP) is 3.36. The van der Waals surface area contributed by atoms with E-state index in [9.17, 15) is 9.90 Å². The van der Waals surface area contributed by atoms with Gasteiger partial charge in [0.25, 0.3) is 0 Å². The third kappa shape index (κ3) is 2.78. The van der Waals surface area contributed by atoms with E-state index >= 15 is 0 Å². The van der Waals surface area contributed by atoms with Crippen molar-refractivity contribution in [3.8, 4) is 11.5 Å². The quantitative estimate of drug-likeness (QED) is 0.677.